The topological polar surface area (TPSA) is 20.2 Å². The van der Waals surface area contributed by atoms with E-state index in [4.69, 9.17) is 5.11 Å². The average molecular weight is 109 g/mol. The second kappa shape index (κ2) is 2.48. The zero-order chi connectivity index (χ0) is 5.82. The Labute approximate surface area is 50.1 Å². The van der Waals surface area contributed by atoms with Gasteiger partial charge in [-0.2, -0.15) is 0 Å². The van der Waals surface area contributed by atoms with Gasteiger partial charge in [-0.15, -0.1) is 0 Å². The number of hydrogen-bond acceptors (Lipinski definition) is 1. The molecule has 0 bridgehead atoms. The van der Waals surface area contributed by atoms with Crippen LogP contribution in [-0.2, 0) is 6.61 Å². The molecule has 1 N–H and O–H groups in total. The second-order valence-corrected chi connectivity index (χ2v) is 1.64. The molecule has 0 aliphatic heterocycles. The van der Waals surface area contributed by atoms with Crippen molar-refractivity contribution in [3.63, 3.8) is 0 Å². The van der Waals surface area contributed by atoms with Gasteiger partial charge in [0.25, 0.3) is 0 Å². The standard InChI is InChI=1S/C7H8O.H/c8-6-7-4-2-1-3-5-7;/h1-5,8H,6H2;. The Bertz CT molecular complexity index is 150. The summed E-state index contributed by atoms with van der Waals surface area (Å²) in [6, 6.07) is 9.52. The molecule has 8 heavy (non-hydrogen) atoms. The van der Waals surface area contributed by atoms with Crippen LogP contribution in [0.15, 0.2) is 30.3 Å². The van der Waals surface area contributed by atoms with Crippen molar-refractivity contribution in [3.05, 3.63) is 35.9 Å². The van der Waals surface area contributed by atoms with E-state index in [1.807, 2.05) is 30.3 Å². The number of aliphatic hydroxyl groups excluding tert-OH is 1. The molecule has 0 atom stereocenters. The van der Waals surface area contributed by atoms with Crippen LogP contribution in [0.25, 0.3) is 0 Å². The molecule has 1 nitrogen and oxygen atoms in total. The maximum atomic E-state index is 8.54. The molecule has 0 aliphatic rings. The van der Waals surface area contributed by atoms with Crippen LogP contribution in [0, 0.1) is 0 Å². The Hall–Kier alpha value is -0.820. The molecule has 1 aromatic rings. The van der Waals surface area contributed by atoms with E-state index in [0.29, 0.717) is 0 Å². The average Bonchev–Trinajstić information content (AvgIpc) is 1.90. The minimum Gasteiger partial charge on any atom is -0.392 e. The van der Waals surface area contributed by atoms with Crippen LogP contribution in [0.1, 0.15) is 6.99 Å². The molecule has 0 heterocycles. The van der Waals surface area contributed by atoms with Crippen molar-refractivity contribution in [1.82, 2.24) is 0 Å². The van der Waals surface area contributed by atoms with E-state index in [2.05, 4.69) is 0 Å². The van der Waals surface area contributed by atoms with Crippen LogP contribution in [0.2, 0.25) is 0 Å². The Kier molecular flexibility index (Phi) is 1.65. The fraction of sp³-hybridized carbons (Fsp3) is 0.143. The molecule has 0 fully saturated rings. The first-order valence-electron chi connectivity index (χ1n) is 2.58. The van der Waals surface area contributed by atoms with Gasteiger partial charge >= 0.3 is 0 Å². The maximum Gasteiger partial charge on any atom is 0.0681 e. The summed E-state index contributed by atoms with van der Waals surface area (Å²) in [7, 11) is 0. The minimum atomic E-state index is 0. The quantitative estimate of drug-likeness (QED) is 0.576. The van der Waals surface area contributed by atoms with Gasteiger partial charge in [0.1, 0.15) is 0 Å². The van der Waals surface area contributed by atoms with Crippen molar-refractivity contribution >= 4 is 0 Å². The van der Waals surface area contributed by atoms with Gasteiger partial charge in [0.15, 0.2) is 0 Å². The lowest BCUT2D eigenvalue weighted by atomic mass is 10.2. The lowest BCUT2D eigenvalue weighted by molar-refractivity contribution is 0.282. The lowest BCUT2D eigenvalue weighted by Gasteiger charge is -1.89. The molecule has 1 radical (unpaired) electrons. The van der Waals surface area contributed by atoms with Crippen molar-refractivity contribution in [2.75, 3.05) is 0 Å². The molecule has 0 spiro atoms. The molecule has 1 heteroatoms. The highest BCUT2D eigenvalue weighted by Gasteiger charge is 1.81. The van der Waals surface area contributed by atoms with Crippen molar-refractivity contribution in [1.29, 1.82) is 0 Å². The van der Waals surface area contributed by atoms with Crippen LogP contribution in [0.4, 0.5) is 0 Å². The summed E-state index contributed by atoms with van der Waals surface area (Å²) in [6.45, 7) is 0.140. The lowest BCUT2D eigenvalue weighted by Crippen LogP contribution is -1.77. The summed E-state index contributed by atoms with van der Waals surface area (Å²) in [6.07, 6.45) is 0. The summed E-state index contributed by atoms with van der Waals surface area (Å²) in [5.41, 5.74) is 0.965. The van der Waals surface area contributed by atoms with Crippen molar-refractivity contribution in [2.45, 2.75) is 6.61 Å². The highest BCUT2D eigenvalue weighted by Crippen LogP contribution is 1.95. The van der Waals surface area contributed by atoms with Crippen LogP contribution < -0.4 is 0 Å². The van der Waals surface area contributed by atoms with Crippen molar-refractivity contribution in [3.8, 4) is 0 Å². The number of aliphatic hydroxyl groups is 1. The third kappa shape index (κ3) is 1.07. The molecule has 0 amide bonds. The van der Waals surface area contributed by atoms with E-state index < -0.39 is 0 Å². The summed E-state index contributed by atoms with van der Waals surface area (Å²) in [5.74, 6) is 0. The van der Waals surface area contributed by atoms with Crippen LogP contribution in [0.5, 0.6) is 0 Å². The van der Waals surface area contributed by atoms with E-state index in [0.717, 1.165) is 5.56 Å². The van der Waals surface area contributed by atoms with E-state index in [1.54, 1.807) is 0 Å². The highest BCUT2D eigenvalue weighted by molar-refractivity contribution is 5.12. The third-order valence-electron chi connectivity index (χ3n) is 1.03. The molecule has 1 aromatic carbocycles. The molecule has 0 saturated carbocycles. The van der Waals surface area contributed by atoms with E-state index >= 15 is 0 Å². The molecule has 0 aromatic heterocycles. The fourth-order valence-electron chi connectivity index (χ4n) is 0.583. The van der Waals surface area contributed by atoms with Crippen molar-refractivity contribution < 1.29 is 6.53 Å². The molecule has 0 unspecified atom stereocenters. The zero-order valence-corrected chi connectivity index (χ0v) is 4.54. The summed E-state index contributed by atoms with van der Waals surface area (Å²) in [5, 5.41) is 8.54. The maximum absolute atomic E-state index is 8.54. The highest BCUT2D eigenvalue weighted by atomic mass is 16.3. The molecule has 43 valence electrons. The van der Waals surface area contributed by atoms with Crippen LogP contribution in [-0.4, -0.2) is 5.11 Å². The summed E-state index contributed by atoms with van der Waals surface area (Å²) < 4.78 is 0. The first-order chi connectivity index (χ1) is 3.93. The van der Waals surface area contributed by atoms with Crippen LogP contribution >= 0.6 is 0 Å². The molecular formula is C7H9O. The van der Waals surface area contributed by atoms with Gasteiger partial charge < -0.3 is 5.11 Å². The SMILES string of the molecule is OCc1ccccc1.[H]. The van der Waals surface area contributed by atoms with Gasteiger partial charge in [-0.1, -0.05) is 30.3 Å². The predicted octanol–water partition coefficient (Wildman–Crippen LogP) is 1.29. The van der Waals surface area contributed by atoms with E-state index in [-0.39, 0.29) is 8.03 Å². The summed E-state index contributed by atoms with van der Waals surface area (Å²) in [4.78, 5) is 0. The Morgan fingerprint density at radius 2 is 1.88 bits per heavy atom. The van der Waals surface area contributed by atoms with E-state index in [9.17, 15) is 0 Å². The molecule has 1 rings (SSSR count). The van der Waals surface area contributed by atoms with Gasteiger partial charge in [0.2, 0.25) is 0 Å². The van der Waals surface area contributed by atoms with E-state index in [1.165, 1.54) is 0 Å². The van der Waals surface area contributed by atoms with Gasteiger partial charge in [-0.3, -0.25) is 0 Å². The summed E-state index contributed by atoms with van der Waals surface area (Å²) >= 11 is 0. The Morgan fingerprint density at radius 1 is 1.25 bits per heavy atom. The number of hydrogen-bond donors (Lipinski definition) is 1. The van der Waals surface area contributed by atoms with Gasteiger partial charge in [-0.25, -0.2) is 0 Å². The monoisotopic (exact) mass is 109 g/mol. The Balaban J connectivity index is 0.000000640. The molecule has 0 saturated heterocycles. The third-order valence-corrected chi connectivity index (χ3v) is 1.03. The van der Waals surface area contributed by atoms with Gasteiger partial charge in [-0.05, 0) is 5.56 Å². The fourth-order valence-corrected chi connectivity index (χ4v) is 0.583. The smallest absolute Gasteiger partial charge is 0.0681 e. The zero-order valence-electron chi connectivity index (χ0n) is 5.54. The van der Waals surface area contributed by atoms with Gasteiger partial charge in [0.05, 0.1) is 6.61 Å². The van der Waals surface area contributed by atoms with Crippen molar-refractivity contribution in [2.24, 2.45) is 0 Å². The predicted molar refractivity (Wildman–Crippen MR) is 33.5 cm³/mol. The minimum absolute atomic E-state index is 0. The normalized spacial score (nSPS) is 9.12. The first kappa shape index (κ1) is 5.32. The second-order valence-electron chi connectivity index (χ2n) is 1.64. The number of benzene rings is 1. The number of rotatable bonds is 1. The largest absolute Gasteiger partial charge is 0.392 e. The van der Waals surface area contributed by atoms with Gasteiger partial charge in [0, 0.05) is 1.43 Å². The molecular weight excluding hydrogens is 100 g/mol. The van der Waals surface area contributed by atoms with Crippen LogP contribution in [0.3, 0.4) is 0 Å². The molecule has 0 aliphatic carbocycles. The Morgan fingerprint density at radius 3 is 2.25 bits per heavy atom. The first-order valence-corrected chi connectivity index (χ1v) is 2.58.